The minimum absolute atomic E-state index is 0.0245. The Bertz CT molecular complexity index is 568. The number of anilines is 1. The molecule has 1 fully saturated rings. The number of nitro benzene ring substituents is 1. The lowest BCUT2D eigenvalue weighted by molar-refractivity contribution is -0.384. The van der Waals surface area contributed by atoms with E-state index >= 15 is 0 Å². The molecule has 1 atom stereocenters. The smallest absolute Gasteiger partial charge is 0.273 e. The van der Waals surface area contributed by atoms with Gasteiger partial charge in [-0.1, -0.05) is 0 Å². The van der Waals surface area contributed by atoms with Crippen molar-refractivity contribution >= 4 is 17.3 Å². The molecule has 1 amide bonds. The van der Waals surface area contributed by atoms with Crippen LogP contribution in [-0.4, -0.2) is 60.2 Å². The van der Waals surface area contributed by atoms with Gasteiger partial charge in [-0.2, -0.15) is 0 Å². The Kier molecular flexibility index (Phi) is 4.81. The molecule has 1 aromatic carbocycles. The van der Waals surface area contributed by atoms with Crippen LogP contribution in [0.4, 0.5) is 11.4 Å². The van der Waals surface area contributed by atoms with E-state index in [1.54, 1.807) is 11.0 Å². The number of non-ortho nitro benzene ring substituents is 1. The van der Waals surface area contributed by atoms with E-state index in [0.717, 1.165) is 5.69 Å². The third kappa shape index (κ3) is 3.28. The zero-order valence-corrected chi connectivity index (χ0v) is 12.6. The molecule has 1 aromatic rings. The Morgan fingerprint density at radius 2 is 2.00 bits per heavy atom. The molecule has 8 heteroatoms. The van der Waals surface area contributed by atoms with Gasteiger partial charge in [0.25, 0.3) is 11.6 Å². The van der Waals surface area contributed by atoms with Gasteiger partial charge < -0.3 is 19.6 Å². The van der Waals surface area contributed by atoms with Crippen LogP contribution in [0.2, 0.25) is 0 Å². The monoisotopic (exact) mass is 309 g/mol. The Morgan fingerprint density at radius 1 is 1.36 bits per heavy atom. The number of ether oxygens (including phenoxy) is 1. The summed E-state index contributed by atoms with van der Waals surface area (Å²) in [6, 6.07) is 4.48. The summed E-state index contributed by atoms with van der Waals surface area (Å²) in [4.78, 5) is 25.7. The van der Waals surface area contributed by atoms with E-state index < -0.39 is 11.0 Å². The first kappa shape index (κ1) is 16.0. The number of aliphatic hydroxyl groups excluding tert-OH is 1. The van der Waals surface area contributed by atoms with Gasteiger partial charge in [-0.3, -0.25) is 14.9 Å². The highest BCUT2D eigenvalue weighted by Crippen LogP contribution is 2.32. The van der Waals surface area contributed by atoms with E-state index in [1.165, 1.54) is 26.2 Å². The van der Waals surface area contributed by atoms with Gasteiger partial charge in [-0.15, -0.1) is 0 Å². The lowest BCUT2D eigenvalue weighted by atomic mass is 10.2. The number of nitro groups is 1. The number of hydrogen-bond donors (Lipinski definition) is 1. The van der Waals surface area contributed by atoms with Crippen LogP contribution in [0, 0.1) is 10.1 Å². The SMILES string of the molecule is COc1cc([N+](=O)[O-])ccc1N1CCN(C(=O)[C@H](C)O)CC1. The van der Waals surface area contributed by atoms with E-state index in [0.29, 0.717) is 31.9 Å². The van der Waals surface area contributed by atoms with Gasteiger partial charge in [0.1, 0.15) is 11.9 Å². The van der Waals surface area contributed by atoms with Crippen molar-refractivity contribution in [2.45, 2.75) is 13.0 Å². The number of amides is 1. The lowest BCUT2D eigenvalue weighted by Crippen LogP contribution is -2.51. The number of carbonyl (C=O) groups is 1. The number of benzene rings is 1. The second-order valence-electron chi connectivity index (χ2n) is 5.10. The van der Waals surface area contributed by atoms with Crippen LogP contribution in [0.3, 0.4) is 0 Å². The first-order valence-corrected chi connectivity index (χ1v) is 6.98. The molecule has 0 bridgehead atoms. The number of methoxy groups -OCH3 is 1. The van der Waals surface area contributed by atoms with Crippen LogP contribution in [0.1, 0.15) is 6.92 Å². The van der Waals surface area contributed by atoms with Crippen molar-refractivity contribution in [3.8, 4) is 5.75 Å². The summed E-state index contributed by atoms with van der Waals surface area (Å²) in [6.45, 7) is 3.58. The number of carbonyl (C=O) groups excluding carboxylic acids is 1. The number of aliphatic hydroxyl groups is 1. The predicted molar refractivity (Wildman–Crippen MR) is 80.1 cm³/mol. The third-order valence-corrected chi connectivity index (χ3v) is 3.66. The molecule has 1 aliphatic rings. The standard InChI is InChI=1S/C14H19N3O5/c1-10(18)14(19)16-7-5-15(6-8-16)12-4-3-11(17(20)21)9-13(12)22-2/h3-4,9-10,18H,5-8H2,1-2H3/t10-/m0/s1. The predicted octanol–water partition coefficient (Wildman–Crippen LogP) is 0.633. The van der Waals surface area contributed by atoms with Gasteiger partial charge in [0.2, 0.25) is 0 Å². The van der Waals surface area contributed by atoms with Gasteiger partial charge in [-0.25, -0.2) is 0 Å². The lowest BCUT2D eigenvalue weighted by Gasteiger charge is -2.37. The minimum Gasteiger partial charge on any atom is -0.494 e. The van der Waals surface area contributed by atoms with Gasteiger partial charge in [0.05, 0.1) is 23.8 Å². The molecule has 0 spiro atoms. The van der Waals surface area contributed by atoms with Gasteiger partial charge in [-0.05, 0) is 13.0 Å². The molecule has 1 N–H and O–H groups in total. The zero-order valence-electron chi connectivity index (χ0n) is 12.6. The molecule has 0 saturated carbocycles. The maximum absolute atomic E-state index is 11.7. The van der Waals surface area contributed by atoms with Crippen LogP contribution in [-0.2, 0) is 4.79 Å². The fourth-order valence-electron chi connectivity index (χ4n) is 2.47. The molecule has 120 valence electrons. The quantitative estimate of drug-likeness (QED) is 0.647. The average molecular weight is 309 g/mol. The highest BCUT2D eigenvalue weighted by atomic mass is 16.6. The Morgan fingerprint density at radius 3 is 2.50 bits per heavy atom. The van der Waals surface area contributed by atoms with Crippen molar-refractivity contribution < 1.29 is 19.6 Å². The summed E-state index contributed by atoms with van der Waals surface area (Å²) < 4.78 is 5.24. The number of nitrogens with zero attached hydrogens (tertiary/aromatic N) is 3. The maximum Gasteiger partial charge on any atom is 0.273 e. The topological polar surface area (TPSA) is 96.2 Å². The van der Waals surface area contributed by atoms with Crippen LogP contribution >= 0.6 is 0 Å². The van der Waals surface area contributed by atoms with E-state index in [2.05, 4.69) is 0 Å². The second-order valence-corrected chi connectivity index (χ2v) is 5.10. The van der Waals surface area contributed by atoms with E-state index in [9.17, 15) is 20.0 Å². The normalized spacial score (nSPS) is 16.3. The summed E-state index contributed by atoms with van der Waals surface area (Å²) >= 11 is 0. The summed E-state index contributed by atoms with van der Waals surface area (Å²) in [7, 11) is 1.47. The first-order valence-electron chi connectivity index (χ1n) is 6.98. The molecule has 0 unspecified atom stereocenters. The zero-order chi connectivity index (χ0) is 16.3. The molecule has 1 saturated heterocycles. The number of hydrogen-bond acceptors (Lipinski definition) is 6. The van der Waals surface area contributed by atoms with Gasteiger partial charge in [0, 0.05) is 32.2 Å². The molecule has 2 rings (SSSR count). The van der Waals surface area contributed by atoms with Crippen molar-refractivity contribution in [1.29, 1.82) is 0 Å². The summed E-state index contributed by atoms with van der Waals surface area (Å²) in [5.41, 5.74) is 0.737. The molecule has 0 aromatic heterocycles. The Balaban J connectivity index is 2.11. The fourth-order valence-corrected chi connectivity index (χ4v) is 2.47. The molecule has 0 radical (unpaired) electrons. The van der Waals surface area contributed by atoms with Gasteiger partial charge in [0.15, 0.2) is 0 Å². The fraction of sp³-hybridized carbons (Fsp3) is 0.500. The van der Waals surface area contributed by atoms with Crippen molar-refractivity contribution in [1.82, 2.24) is 4.90 Å². The third-order valence-electron chi connectivity index (χ3n) is 3.66. The van der Waals surface area contributed by atoms with Crippen LogP contribution < -0.4 is 9.64 Å². The molecule has 8 nitrogen and oxygen atoms in total. The average Bonchev–Trinajstić information content (AvgIpc) is 2.53. The summed E-state index contributed by atoms with van der Waals surface area (Å²) in [5, 5.41) is 20.1. The van der Waals surface area contributed by atoms with E-state index in [-0.39, 0.29) is 11.6 Å². The van der Waals surface area contributed by atoms with Crippen molar-refractivity contribution in [2.24, 2.45) is 0 Å². The minimum atomic E-state index is -1.000. The maximum atomic E-state index is 11.7. The highest BCUT2D eigenvalue weighted by molar-refractivity contribution is 5.80. The molecular weight excluding hydrogens is 290 g/mol. The van der Waals surface area contributed by atoms with Crippen LogP contribution in [0.5, 0.6) is 5.75 Å². The molecule has 22 heavy (non-hydrogen) atoms. The number of rotatable bonds is 4. The summed E-state index contributed by atoms with van der Waals surface area (Å²) in [5.74, 6) is 0.153. The van der Waals surface area contributed by atoms with E-state index in [1.807, 2.05) is 4.90 Å². The highest BCUT2D eigenvalue weighted by Gasteiger charge is 2.25. The second kappa shape index (κ2) is 6.61. The van der Waals surface area contributed by atoms with Crippen molar-refractivity contribution in [2.75, 3.05) is 38.2 Å². The van der Waals surface area contributed by atoms with Crippen molar-refractivity contribution in [3.63, 3.8) is 0 Å². The molecule has 1 heterocycles. The summed E-state index contributed by atoms with van der Waals surface area (Å²) in [6.07, 6.45) is -1.000. The van der Waals surface area contributed by atoms with E-state index in [4.69, 9.17) is 4.74 Å². The first-order chi connectivity index (χ1) is 10.4. The van der Waals surface area contributed by atoms with Gasteiger partial charge >= 0.3 is 0 Å². The van der Waals surface area contributed by atoms with Crippen LogP contribution in [0.15, 0.2) is 18.2 Å². The van der Waals surface area contributed by atoms with Crippen LogP contribution in [0.25, 0.3) is 0 Å². The Hall–Kier alpha value is -2.35. The van der Waals surface area contributed by atoms with Crippen molar-refractivity contribution in [3.05, 3.63) is 28.3 Å². The molecule has 1 aliphatic heterocycles. The largest absolute Gasteiger partial charge is 0.494 e. The molecular formula is C14H19N3O5. The molecule has 0 aliphatic carbocycles. The Labute approximate surface area is 128 Å². The number of piperazine rings is 1.